The Balaban J connectivity index is 1.73. The lowest BCUT2D eigenvalue weighted by molar-refractivity contribution is 0.200. The number of ether oxygens (including phenoxy) is 2. The maximum Gasteiger partial charge on any atom is 0.168 e. The van der Waals surface area contributed by atoms with Gasteiger partial charge in [-0.1, -0.05) is 24.3 Å². The highest BCUT2D eigenvalue weighted by molar-refractivity contribution is 6.10. The average molecular weight is 440 g/mol. The highest BCUT2D eigenvalue weighted by Crippen LogP contribution is 2.36. The van der Waals surface area contributed by atoms with E-state index in [1.807, 2.05) is 54.6 Å². The van der Waals surface area contributed by atoms with Gasteiger partial charge in [0, 0.05) is 5.56 Å². The molecule has 33 heavy (non-hydrogen) atoms. The second-order valence-electron chi connectivity index (χ2n) is 7.77. The summed E-state index contributed by atoms with van der Waals surface area (Å²) in [6.07, 6.45) is 11.1. The van der Waals surface area contributed by atoms with Crippen LogP contribution in [-0.4, -0.2) is 34.3 Å². The fourth-order valence-electron chi connectivity index (χ4n) is 3.97. The van der Waals surface area contributed by atoms with Crippen molar-refractivity contribution in [2.45, 2.75) is 31.8 Å². The van der Waals surface area contributed by atoms with Crippen molar-refractivity contribution in [2.75, 3.05) is 7.11 Å². The molecule has 4 rings (SSSR count). The SMILES string of the molecule is COc1cccc(C=Cc2nc3ccccc3n2C(=N)C=CC(=N)C#N)c1OC1CCCC1. The zero-order chi connectivity index (χ0) is 23.2. The van der Waals surface area contributed by atoms with E-state index in [0.29, 0.717) is 17.3 Å². The average Bonchev–Trinajstić information content (AvgIpc) is 3.49. The molecule has 0 bridgehead atoms. The summed E-state index contributed by atoms with van der Waals surface area (Å²) in [5, 5.41) is 24.9. The van der Waals surface area contributed by atoms with E-state index < -0.39 is 0 Å². The molecular formula is C26H25N5O2. The van der Waals surface area contributed by atoms with Crippen LogP contribution in [0.5, 0.6) is 11.5 Å². The number of rotatable bonds is 7. The van der Waals surface area contributed by atoms with Crippen molar-refractivity contribution in [3.8, 4) is 17.6 Å². The van der Waals surface area contributed by atoms with E-state index in [1.54, 1.807) is 17.7 Å². The van der Waals surface area contributed by atoms with Crippen molar-refractivity contribution in [3.63, 3.8) is 0 Å². The lowest BCUT2D eigenvalue weighted by atomic mass is 10.1. The Morgan fingerprint density at radius 1 is 1.09 bits per heavy atom. The molecule has 0 aliphatic heterocycles. The van der Waals surface area contributed by atoms with Crippen molar-refractivity contribution in [3.05, 3.63) is 66.0 Å². The smallest absolute Gasteiger partial charge is 0.168 e. The maximum atomic E-state index is 8.84. The molecule has 1 saturated carbocycles. The van der Waals surface area contributed by atoms with Gasteiger partial charge in [0.15, 0.2) is 11.5 Å². The van der Waals surface area contributed by atoms with Gasteiger partial charge in [0.2, 0.25) is 0 Å². The predicted octanol–water partition coefficient (Wildman–Crippen LogP) is 5.46. The van der Waals surface area contributed by atoms with E-state index in [9.17, 15) is 0 Å². The molecule has 3 aromatic rings. The monoisotopic (exact) mass is 439 g/mol. The summed E-state index contributed by atoms with van der Waals surface area (Å²) in [6.45, 7) is 0. The fraction of sp³-hybridized carbons (Fsp3) is 0.231. The number of imidazole rings is 1. The molecule has 166 valence electrons. The van der Waals surface area contributed by atoms with Crippen LogP contribution in [0, 0.1) is 22.1 Å². The van der Waals surface area contributed by atoms with Gasteiger partial charge in [-0.3, -0.25) is 15.4 Å². The zero-order valence-corrected chi connectivity index (χ0v) is 18.4. The summed E-state index contributed by atoms with van der Waals surface area (Å²) in [5.74, 6) is 2.06. The lowest BCUT2D eigenvalue weighted by Crippen LogP contribution is -2.12. The second kappa shape index (κ2) is 9.96. The molecular weight excluding hydrogens is 414 g/mol. The molecule has 1 aliphatic rings. The van der Waals surface area contributed by atoms with Crippen molar-refractivity contribution in [1.82, 2.24) is 9.55 Å². The van der Waals surface area contributed by atoms with Gasteiger partial charge in [-0.05, 0) is 68.2 Å². The first kappa shape index (κ1) is 22.0. The van der Waals surface area contributed by atoms with Crippen LogP contribution in [0.3, 0.4) is 0 Å². The Kier molecular flexibility index (Phi) is 6.65. The zero-order valence-electron chi connectivity index (χ0n) is 18.4. The minimum Gasteiger partial charge on any atom is -0.493 e. The third-order valence-corrected chi connectivity index (χ3v) is 5.58. The Morgan fingerprint density at radius 3 is 2.64 bits per heavy atom. The van der Waals surface area contributed by atoms with E-state index in [2.05, 4.69) is 4.98 Å². The summed E-state index contributed by atoms with van der Waals surface area (Å²) < 4.78 is 13.6. The minimum absolute atomic E-state index is 0.108. The standard InChI is InChI=1S/C26H25N5O2/c1-32-23-12-6-7-18(26(23)33-20-8-2-3-9-20)13-16-25-30-21-10-4-5-11-22(21)31(25)24(29)15-14-19(28)17-27/h4-7,10-16,20,28-29H,2-3,8-9H2,1H3. The molecule has 7 nitrogen and oxygen atoms in total. The third kappa shape index (κ3) is 4.85. The molecule has 2 N–H and O–H groups in total. The molecule has 0 radical (unpaired) electrons. The third-order valence-electron chi connectivity index (χ3n) is 5.58. The molecule has 0 atom stereocenters. The Morgan fingerprint density at radius 2 is 1.88 bits per heavy atom. The molecule has 1 heterocycles. The van der Waals surface area contributed by atoms with Crippen LogP contribution in [0.15, 0.2) is 54.6 Å². The summed E-state index contributed by atoms with van der Waals surface area (Å²) in [4.78, 5) is 4.68. The minimum atomic E-state index is -0.216. The van der Waals surface area contributed by atoms with Gasteiger partial charge in [-0.15, -0.1) is 0 Å². The van der Waals surface area contributed by atoms with Crippen LogP contribution in [0.1, 0.15) is 37.1 Å². The van der Waals surface area contributed by atoms with Crippen LogP contribution in [0.4, 0.5) is 0 Å². The quantitative estimate of drug-likeness (QED) is 0.376. The van der Waals surface area contributed by atoms with Gasteiger partial charge < -0.3 is 9.47 Å². The van der Waals surface area contributed by atoms with Crippen LogP contribution in [-0.2, 0) is 0 Å². The van der Waals surface area contributed by atoms with Gasteiger partial charge in [0.05, 0.1) is 24.2 Å². The van der Waals surface area contributed by atoms with E-state index in [-0.39, 0.29) is 17.7 Å². The van der Waals surface area contributed by atoms with E-state index in [4.69, 9.17) is 25.6 Å². The summed E-state index contributed by atoms with van der Waals surface area (Å²) in [7, 11) is 1.64. The molecule has 0 spiro atoms. The van der Waals surface area contributed by atoms with Crippen LogP contribution < -0.4 is 9.47 Å². The molecule has 1 aliphatic carbocycles. The summed E-state index contributed by atoms with van der Waals surface area (Å²) >= 11 is 0. The molecule has 1 fully saturated rings. The fourth-order valence-corrected chi connectivity index (χ4v) is 3.97. The molecule has 7 heteroatoms. The Labute approximate surface area is 192 Å². The number of nitrogens with one attached hydrogen (secondary N) is 2. The number of para-hydroxylation sites is 3. The molecule has 1 aromatic heterocycles. The Hall–Kier alpha value is -4.18. The maximum absolute atomic E-state index is 8.84. The number of hydrogen-bond acceptors (Lipinski definition) is 6. The van der Waals surface area contributed by atoms with E-state index in [1.165, 1.54) is 25.0 Å². The first-order valence-corrected chi connectivity index (χ1v) is 10.9. The second-order valence-corrected chi connectivity index (χ2v) is 7.77. The molecule has 0 saturated heterocycles. The first-order chi connectivity index (χ1) is 16.1. The number of hydrogen-bond donors (Lipinski definition) is 2. The molecule has 2 aromatic carbocycles. The normalized spacial score (nSPS) is 14.2. The van der Waals surface area contributed by atoms with Crippen molar-refractivity contribution in [1.29, 1.82) is 16.1 Å². The number of benzene rings is 2. The van der Waals surface area contributed by atoms with Crippen LogP contribution in [0.25, 0.3) is 23.2 Å². The number of fused-ring (bicyclic) bond motifs is 1. The van der Waals surface area contributed by atoms with Gasteiger partial charge >= 0.3 is 0 Å². The van der Waals surface area contributed by atoms with E-state index in [0.717, 1.165) is 29.4 Å². The molecule has 0 amide bonds. The van der Waals surface area contributed by atoms with Gasteiger partial charge in [-0.2, -0.15) is 5.26 Å². The number of allylic oxidation sites excluding steroid dienone is 2. The van der Waals surface area contributed by atoms with Crippen molar-refractivity contribution < 1.29 is 9.47 Å². The van der Waals surface area contributed by atoms with Gasteiger partial charge in [0.1, 0.15) is 23.4 Å². The number of aromatic nitrogens is 2. The van der Waals surface area contributed by atoms with Crippen molar-refractivity contribution >= 4 is 34.7 Å². The Bertz CT molecular complexity index is 1290. The van der Waals surface area contributed by atoms with Crippen LogP contribution >= 0.6 is 0 Å². The topological polar surface area (TPSA) is 108 Å². The largest absolute Gasteiger partial charge is 0.493 e. The lowest BCUT2D eigenvalue weighted by Gasteiger charge is -2.18. The molecule has 0 unspecified atom stereocenters. The summed E-state index contributed by atoms with van der Waals surface area (Å²) in [5.41, 5.74) is 2.17. The van der Waals surface area contributed by atoms with Crippen molar-refractivity contribution in [2.24, 2.45) is 0 Å². The highest BCUT2D eigenvalue weighted by Gasteiger charge is 2.20. The predicted molar refractivity (Wildman–Crippen MR) is 130 cm³/mol. The highest BCUT2D eigenvalue weighted by atomic mass is 16.5. The first-order valence-electron chi connectivity index (χ1n) is 10.9. The number of methoxy groups -OCH3 is 1. The van der Waals surface area contributed by atoms with Gasteiger partial charge in [-0.25, -0.2) is 4.98 Å². The number of nitriles is 1. The van der Waals surface area contributed by atoms with Gasteiger partial charge in [0.25, 0.3) is 0 Å². The summed E-state index contributed by atoms with van der Waals surface area (Å²) in [6, 6.07) is 15.1. The number of nitrogens with zero attached hydrogens (tertiary/aromatic N) is 3. The van der Waals surface area contributed by atoms with E-state index >= 15 is 0 Å². The van der Waals surface area contributed by atoms with Crippen LogP contribution in [0.2, 0.25) is 0 Å².